The molecule has 27 heavy (non-hydrogen) atoms. The Morgan fingerprint density at radius 2 is 2.07 bits per heavy atom. The van der Waals surface area contributed by atoms with Gasteiger partial charge in [0.05, 0.1) is 19.2 Å². The highest BCUT2D eigenvalue weighted by Crippen LogP contribution is 2.45. The molecular formula is C21H22N4O2. The molecule has 138 valence electrons. The van der Waals surface area contributed by atoms with Crippen LogP contribution in [0.15, 0.2) is 36.7 Å². The minimum atomic E-state index is -0.343. The average molecular weight is 362 g/mol. The van der Waals surface area contributed by atoms with Gasteiger partial charge >= 0.3 is 5.97 Å². The second kappa shape index (κ2) is 6.08. The lowest BCUT2D eigenvalue weighted by molar-refractivity contribution is 0.0602. The predicted molar refractivity (Wildman–Crippen MR) is 103 cm³/mol. The van der Waals surface area contributed by atoms with Gasteiger partial charge < -0.3 is 14.2 Å². The number of anilines is 1. The second-order valence-electron chi connectivity index (χ2n) is 7.61. The van der Waals surface area contributed by atoms with Crippen molar-refractivity contribution in [2.75, 3.05) is 25.1 Å². The highest BCUT2D eigenvalue weighted by molar-refractivity contribution is 6.03. The zero-order chi connectivity index (χ0) is 18.5. The molecule has 3 aromatic heterocycles. The number of rotatable bonds is 4. The minimum absolute atomic E-state index is 0.343. The Morgan fingerprint density at radius 3 is 2.81 bits per heavy atom. The second-order valence-corrected chi connectivity index (χ2v) is 7.61. The van der Waals surface area contributed by atoms with Gasteiger partial charge in [0.1, 0.15) is 11.5 Å². The van der Waals surface area contributed by atoms with E-state index in [1.807, 2.05) is 22.9 Å². The van der Waals surface area contributed by atoms with Crippen LogP contribution >= 0.6 is 0 Å². The van der Waals surface area contributed by atoms with Gasteiger partial charge in [-0.3, -0.25) is 0 Å². The van der Waals surface area contributed by atoms with Gasteiger partial charge in [-0.2, -0.15) is 0 Å². The Hall–Kier alpha value is -2.89. The summed E-state index contributed by atoms with van der Waals surface area (Å²) < 4.78 is 6.91. The standard InChI is InChI=1S/C21H22N4O2/c1-13-14(5-6-19(23-13)24-10-15-8-16(15)11-24)9-25-12-18(21(26)27-2)17-4-3-7-22-20(17)25/h3-7,12,15-16H,8-11H2,1-2H3. The molecule has 1 saturated heterocycles. The number of esters is 1. The molecule has 1 saturated carbocycles. The van der Waals surface area contributed by atoms with Crippen LogP contribution in [0.1, 0.15) is 28.0 Å². The average Bonchev–Trinajstić information content (AvgIpc) is 3.13. The molecule has 2 unspecified atom stereocenters. The van der Waals surface area contributed by atoms with Gasteiger partial charge in [0, 0.05) is 36.6 Å². The van der Waals surface area contributed by atoms with Crippen molar-refractivity contribution >= 4 is 22.8 Å². The lowest BCUT2D eigenvalue weighted by Gasteiger charge is -2.20. The Bertz CT molecular complexity index is 1030. The number of aryl methyl sites for hydroxylation is 1. The molecule has 2 fully saturated rings. The number of hydrogen-bond acceptors (Lipinski definition) is 5. The van der Waals surface area contributed by atoms with Crippen molar-refractivity contribution in [3.8, 4) is 0 Å². The molecule has 0 spiro atoms. The number of nitrogens with zero attached hydrogens (tertiary/aromatic N) is 4. The third-order valence-electron chi connectivity index (χ3n) is 5.86. The van der Waals surface area contributed by atoms with Crippen LogP contribution in [-0.4, -0.2) is 40.7 Å². The van der Waals surface area contributed by atoms with E-state index in [2.05, 4.69) is 28.9 Å². The maximum absolute atomic E-state index is 12.1. The Morgan fingerprint density at radius 1 is 1.26 bits per heavy atom. The molecule has 0 N–H and O–H groups in total. The van der Waals surface area contributed by atoms with Crippen molar-refractivity contribution < 1.29 is 9.53 Å². The summed E-state index contributed by atoms with van der Waals surface area (Å²) >= 11 is 0. The van der Waals surface area contributed by atoms with Crippen LogP contribution in [-0.2, 0) is 11.3 Å². The van der Waals surface area contributed by atoms with E-state index in [-0.39, 0.29) is 5.97 Å². The van der Waals surface area contributed by atoms with Crippen molar-refractivity contribution in [1.82, 2.24) is 14.5 Å². The quantitative estimate of drug-likeness (QED) is 0.668. The third kappa shape index (κ3) is 2.76. The molecule has 0 amide bonds. The maximum Gasteiger partial charge on any atom is 0.340 e. The normalized spacial score (nSPS) is 20.7. The zero-order valence-corrected chi connectivity index (χ0v) is 15.6. The molecule has 6 heteroatoms. The van der Waals surface area contributed by atoms with Crippen molar-refractivity contribution in [3.63, 3.8) is 0 Å². The Kier molecular flexibility index (Phi) is 3.67. The molecule has 0 radical (unpaired) electrons. The summed E-state index contributed by atoms with van der Waals surface area (Å²) in [6, 6.07) is 8.00. The van der Waals surface area contributed by atoms with Crippen LogP contribution in [0.25, 0.3) is 11.0 Å². The number of ether oxygens (including phenoxy) is 1. The molecule has 2 aliphatic rings. The van der Waals surface area contributed by atoms with Crippen molar-refractivity contribution in [1.29, 1.82) is 0 Å². The highest BCUT2D eigenvalue weighted by Gasteiger charge is 2.45. The number of hydrogen-bond donors (Lipinski definition) is 0. The lowest BCUT2D eigenvalue weighted by Crippen LogP contribution is -2.23. The third-order valence-corrected chi connectivity index (χ3v) is 5.86. The summed E-state index contributed by atoms with van der Waals surface area (Å²) in [6.07, 6.45) is 4.96. The molecule has 1 aliphatic heterocycles. The molecule has 6 nitrogen and oxygen atoms in total. The topological polar surface area (TPSA) is 60.2 Å². The summed E-state index contributed by atoms with van der Waals surface area (Å²) in [5.74, 6) is 2.51. The van der Waals surface area contributed by atoms with E-state index in [4.69, 9.17) is 9.72 Å². The zero-order valence-electron chi connectivity index (χ0n) is 15.6. The van der Waals surface area contributed by atoms with E-state index in [1.165, 1.54) is 13.5 Å². The Labute approximate surface area is 157 Å². The van der Waals surface area contributed by atoms with E-state index in [0.717, 1.165) is 53.0 Å². The van der Waals surface area contributed by atoms with E-state index >= 15 is 0 Å². The first kappa shape index (κ1) is 16.3. The number of pyridine rings is 2. The number of methoxy groups -OCH3 is 1. The fourth-order valence-electron chi connectivity index (χ4n) is 4.20. The fraction of sp³-hybridized carbons (Fsp3) is 0.381. The molecule has 0 bridgehead atoms. The van der Waals surface area contributed by atoms with Crippen molar-refractivity contribution in [3.05, 3.63) is 53.5 Å². The fourth-order valence-corrected chi connectivity index (χ4v) is 4.20. The lowest BCUT2D eigenvalue weighted by atomic mass is 10.2. The van der Waals surface area contributed by atoms with Crippen LogP contribution in [0.5, 0.6) is 0 Å². The number of carbonyl (C=O) groups is 1. The summed E-state index contributed by atoms with van der Waals surface area (Å²) in [6.45, 7) is 4.96. The number of carbonyl (C=O) groups excluding carboxylic acids is 1. The number of fused-ring (bicyclic) bond motifs is 2. The largest absolute Gasteiger partial charge is 0.465 e. The van der Waals surface area contributed by atoms with Crippen molar-refractivity contribution in [2.24, 2.45) is 11.8 Å². The molecule has 1 aliphatic carbocycles. The summed E-state index contributed by atoms with van der Waals surface area (Å²) in [5, 5.41) is 0.808. The monoisotopic (exact) mass is 362 g/mol. The molecule has 0 aromatic carbocycles. The maximum atomic E-state index is 12.1. The van der Waals surface area contributed by atoms with Crippen LogP contribution in [0, 0.1) is 18.8 Å². The van der Waals surface area contributed by atoms with Crippen LogP contribution < -0.4 is 4.90 Å². The van der Waals surface area contributed by atoms with Gasteiger partial charge in [0.2, 0.25) is 0 Å². The molecule has 5 rings (SSSR count). The predicted octanol–water partition coefficient (Wildman–Crippen LogP) is 3.03. The van der Waals surface area contributed by atoms with Gasteiger partial charge in [-0.25, -0.2) is 14.8 Å². The number of piperidine rings is 1. The molecule has 2 atom stereocenters. The molecule has 3 aromatic rings. The van der Waals surface area contributed by atoms with E-state index in [0.29, 0.717) is 12.1 Å². The minimum Gasteiger partial charge on any atom is -0.465 e. The van der Waals surface area contributed by atoms with E-state index in [1.54, 1.807) is 6.20 Å². The van der Waals surface area contributed by atoms with Crippen LogP contribution in [0.2, 0.25) is 0 Å². The van der Waals surface area contributed by atoms with Gasteiger partial charge in [-0.1, -0.05) is 6.07 Å². The van der Waals surface area contributed by atoms with Gasteiger partial charge in [-0.15, -0.1) is 0 Å². The van der Waals surface area contributed by atoms with Gasteiger partial charge in [-0.05, 0) is 48.9 Å². The first-order chi connectivity index (χ1) is 13.1. The van der Waals surface area contributed by atoms with Crippen molar-refractivity contribution in [2.45, 2.75) is 19.9 Å². The summed E-state index contributed by atoms with van der Waals surface area (Å²) in [4.78, 5) is 23.8. The first-order valence-electron chi connectivity index (χ1n) is 9.37. The highest BCUT2D eigenvalue weighted by atomic mass is 16.5. The Balaban J connectivity index is 1.45. The molecular weight excluding hydrogens is 340 g/mol. The summed E-state index contributed by atoms with van der Waals surface area (Å²) in [7, 11) is 1.40. The SMILES string of the molecule is COC(=O)c1cn(Cc2ccc(N3CC4CC4C3)nc2C)c2ncccc12. The van der Waals surface area contributed by atoms with E-state index < -0.39 is 0 Å². The smallest absolute Gasteiger partial charge is 0.340 e. The van der Waals surface area contributed by atoms with Gasteiger partial charge in [0.25, 0.3) is 0 Å². The number of aromatic nitrogens is 3. The first-order valence-corrected chi connectivity index (χ1v) is 9.37. The molecule has 4 heterocycles. The van der Waals surface area contributed by atoms with E-state index in [9.17, 15) is 4.79 Å². The van der Waals surface area contributed by atoms with Crippen LogP contribution in [0.4, 0.5) is 5.82 Å². The van der Waals surface area contributed by atoms with Crippen LogP contribution in [0.3, 0.4) is 0 Å². The summed E-state index contributed by atoms with van der Waals surface area (Å²) in [5.41, 5.74) is 3.47. The van der Waals surface area contributed by atoms with Gasteiger partial charge in [0.15, 0.2) is 0 Å².